The molecule has 5 nitrogen and oxygen atoms in total. The third-order valence-corrected chi connectivity index (χ3v) is 5.43. The molecule has 1 aliphatic rings. The number of rotatable bonds is 3. The average molecular weight is 410 g/mol. The van der Waals surface area contributed by atoms with E-state index in [1.54, 1.807) is 18.2 Å². The van der Waals surface area contributed by atoms with Gasteiger partial charge in [-0.15, -0.1) is 0 Å². The van der Waals surface area contributed by atoms with Gasteiger partial charge in [-0.1, -0.05) is 44.0 Å². The average Bonchev–Trinajstić information content (AvgIpc) is 2.96. The van der Waals surface area contributed by atoms with Gasteiger partial charge in [-0.25, -0.2) is 4.98 Å². The van der Waals surface area contributed by atoms with E-state index in [-0.39, 0.29) is 11.3 Å². The van der Waals surface area contributed by atoms with E-state index in [0.717, 1.165) is 31.2 Å². The highest BCUT2D eigenvalue weighted by Crippen LogP contribution is 2.25. The van der Waals surface area contributed by atoms with Crippen molar-refractivity contribution in [1.82, 2.24) is 14.8 Å². The molecule has 0 N–H and O–H groups in total. The lowest BCUT2D eigenvalue weighted by Crippen LogP contribution is -2.35. The lowest BCUT2D eigenvalue weighted by molar-refractivity contribution is 0.0760. The van der Waals surface area contributed by atoms with Crippen molar-refractivity contribution in [1.29, 1.82) is 0 Å². The lowest BCUT2D eigenvalue weighted by atomic mass is 9.94. The van der Waals surface area contributed by atoms with Crippen molar-refractivity contribution in [3.63, 3.8) is 0 Å². The fourth-order valence-corrected chi connectivity index (χ4v) is 3.36. The van der Waals surface area contributed by atoms with Crippen molar-refractivity contribution < 1.29 is 9.21 Å². The number of benzene rings is 1. The van der Waals surface area contributed by atoms with Gasteiger partial charge in [0.25, 0.3) is 5.91 Å². The van der Waals surface area contributed by atoms with Crippen molar-refractivity contribution in [2.24, 2.45) is 0 Å². The molecule has 1 amide bonds. The molecule has 27 heavy (non-hydrogen) atoms. The van der Waals surface area contributed by atoms with Gasteiger partial charge in [-0.2, -0.15) is 0 Å². The first-order valence-electron chi connectivity index (χ1n) is 9.16. The van der Waals surface area contributed by atoms with Crippen LogP contribution >= 0.6 is 23.2 Å². The number of oxazole rings is 1. The zero-order chi connectivity index (χ0) is 19.6. The summed E-state index contributed by atoms with van der Waals surface area (Å²) < 4.78 is 5.90. The molecule has 0 saturated carbocycles. The Morgan fingerprint density at radius 3 is 2.59 bits per heavy atom. The van der Waals surface area contributed by atoms with Crippen molar-refractivity contribution in [3.8, 4) is 0 Å². The van der Waals surface area contributed by atoms with Crippen LogP contribution in [0, 0.1) is 0 Å². The van der Waals surface area contributed by atoms with Crippen LogP contribution in [0.5, 0.6) is 0 Å². The Labute approximate surface area is 170 Å². The quantitative estimate of drug-likeness (QED) is 0.741. The third kappa shape index (κ3) is 5.03. The van der Waals surface area contributed by atoms with E-state index in [1.165, 1.54) is 0 Å². The Morgan fingerprint density at radius 2 is 1.93 bits per heavy atom. The van der Waals surface area contributed by atoms with Crippen LogP contribution in [0.25, 0.3) is 0 Å². The zero-order valence-corrected chi connectivity index (χ0v) is 17.5. The molecule has 0 radical (unpaired) electrons. The van der Waals surface area contributed by atoms with Crippen LogP contribution in [0.3, 0.4) is 0 Å². The predicted molar refractivity (Wildman–Crippen MR) is 107 cm³/mol. The molecule has 3 rings (SSSR count). The SMILES string of the molecule is CC(C)(C)c1cnc(CN2CCCN(C(=O)c3ccc(Cl)c(Cl)c3)CC2)o1. The van der Waals surface area contributed by atoms with Gasteiger partial charge < -0.3 is 9.32 Å². The van der Waals surface area contributed by atoms with E-state index >= 15 is 0 Å². The van der Waals surface area contributed by atoms with Gasteiger partial charge in [0.05, 0.1) is 22.8 Å². The number of halogens is 2. The van der Waals surface area contributed by atoms with Crippen molar-refractivity contribution in [2.75, 3.05) is 26.2 Å². The Balaban J connectivity index is 1.60. The van der Waals surface area contributed by atoms with E-state index in [0.29, 0.717) is 35.2 Å². The van der Waals surface area contributed by atoms with Crippen LogP contribution in [-0.2, 0) is 12.0 Å². The van der Waals surface area contributed by atoms with E-state index in [9.17, 15) is 4.79 Å². The Bertz CT molecular complexity index is 814. The highest BCUT2D eigenvalue weighted by molar-refractivity contribution is 6.42. The monoisotopic (exact) mass is 409 g/mol. The molecule has 2 heterocycles. The molecule has 1 aliphatic heterocycles. The maximum atomic E-state index is 12.8. The van der Waals surface area contributed by atoms with Crippen LogP contribution in [0.2, 0.25) is 10.0 Å². The summed E-state index contributed by atoms with van der Waals surface area (Å²) in [5, 5.41) is 0.855. The van der Waals surface area contributed by atoms with Gasteiger partial charge in [0.2, 0.25) is 5.89 Å². The number of carbonyl (C=O) groups excluding carboxylic acids is 1. The first-order chi connectivity index (χ1) is 12.7. The van der Waals surface area contributed by atoms with Gasteiger partial charge in [-0.05, 0) is 24.6 Å². The molecule has 146 valence electrons. The van der Waals surface area contributed by atoms with E-state index in [2.05, 4.69) is 30.7 Å². The summed E-state index contributed by atoms with van der Waals surface area (Å²) in [6.45, 7) is 10.0. The van der Waals surface area contributed by atoms with E-state index in [4.69, 9.17) is 27.6 Å². The number of amides is 1. The fourth-order valence-electron chi connectivity index (χ4n) is 3.07. The molecule has 0 unspecified atom stereocenters. The second-order valence-corrected chi connectivity index (χ2v) is 8.73. The first-order valence-corrected chi connectivity index (χ1v) is 9.91. The second-order valence-electron chi connectivity index (χ2n) is 7.92. The standard InChI is InChI=1S/C20H25Cl2N3O2/c1-20(2,3)17-12-23-18(27-17)13-24-7-4-8-25(10-9-24)19(26)14-5-6-15(21)16(22)11-14/h5-6,11-12H,4,7-10,13H2,1-3H3. The topological polar surface area (TPSA) is 49.6 Å². The van der Waals surface area contributed by atoms with Crippen LogP contribution in [0.15, 0.2) is 28.8 Å². The number of nitrogens with zero attached hydrogens (tertiary/aromatic N) is 3. The molecule has 0 bridgehead atoms. The number of aromatic nitrogens is 1. The molecule has 1 fully saturated rings. The summed E-state index contributed by atoms with van der Waals surface area (Å²) in [4.78, 5) is 21.3. The van der Waals surface area contributed by atoms with Crippen molar-refractivity contribution >= 4 is 29.1 Å². The molecular weight excluding hydrogens is 385 g/mol. The Hall–Kier alpha value is -1.56. The summed E-state index contributed by atoms with van der Waals surface area (Å²) in [6.07, 6.45) is 2.72. The van der Waals surface area contributed by atoms with Gasteiger partial charge >= 0.3 is 0 Å². The lowest BCUT2D eigenvalue weighted by Gasteiger charge is -2.21. The zero-order valence-electron chi connectivity index (χ0n) is 16.0. The number of hydrogen-bond acceptors (Lipinski definition) is 4. The smallest absolute Gasteiger partial charge is 0.253 e. The fraction of sp³-hybridized carbons (Fsp3) is 0.500. The maximum absolute atomic E-state index is 12.8. The molecule has 7 heteroatoms. The van der Waals surface area contributed by atoms with Crippen LogP contribution in [0.1, 0.15) is 49.2 Å². The molecule has 0 spiro atoms. The highest BCUT2D eigenvalue weighted by Gasteiger charge is 2.23. The van der Waals surface area contributed by atoms with Gasteiger partial charge in [-0.3, -0.25) is 9.69 Å². The molecule has 0 aliphatic carbocycles. The minimum absolute atomic E-state index is 0.0124. The maximum Gasteiger partial charge on any atom is 0.253 e. The van der Waals surface area contributed by atoms with E-state index < -0.39 is 0 Å². The largest absolute Gasteiger partial charge is 0.444 e. The molecule has 1 saturated heterocycles. The van der Waals surface area contributed by atoms with Crippen LogP contribution in [0.4, 0.5) is 0 Å². The highest BCUT2D eigenvalue weighted by atomic mass is 35.5. The number of carbonyl (C=O) groups is 1. The van der Waals surface area contributed by atoms with Crippen LogP contribution < -0.4 is 0 Å². The first kappa shape index (κ1) is 20.2. The Kier molecular flexibility index (Phi) is 6.14. The summed E-state index contributed by atoms with van der Waals surface area (Å²) in [7, 11) is 0. The van der Waals surface area contributed by atoms with Gasteiger partial charge in [0, 0.05) is 37.2 Å². The normalized spacial score (nSPS) is 16.4. The Morgan fingerprint density at radius 1 is 1.15 bits per heavy atom. The summed E-state index contributed by atoms with van der Waals surface area (Å²) in [6, 6.07) is 5.02. The summed E-state index contributed by atoms with van der Waals surface area (Å²) in [5.41, 5.74) is 0.521. The molecule has 2 aromatic rings. The predicted octanol–water partition coefficient (Wildman–Crippen LogP) is 4.63. The van der Waals surface area contributed by atoms with Crippen molar-refractivity contribution in [2.45, 2.75) is 39.2 Å². The van der Waals surface area contributed by atoms with E-state index in [1.807, 2.05) is 11.1 Å². The summed E-state index contributed by atoms with van der Waals surface area (Å²) in [5.74, 6) is 1.61. The molecule has 0 atom stereocenters. The molecule has 1 aromatic carbocycles. The van der Waals surface area contributed by atoms with Gasteiger partial charge in [0.1, 0.15) is 5.76 Å². The molecule has 1 aromatic heterocycles. The number of hydrogen-bond donors (Lipinski definition) is 0. The summed E-state index contributed by atoms with van der Waals surface area (Å²) >= 11 is 12.0. The minimum atomic E-state index is -0.0485. The second kappa shape index (κ2) is 8.21. The van der Waals surface area contributed by atoms with Crippen LogP contribution in [-0.4, -0.2) is 46.9 Å². The molecular formula is C20H25Cl2N3O2. The van der Waals surface area contributed by atoms with Gasteiger partial charge in [0.15, 0.2) is 0 Å². The van der Waals surface area contributed by atoms with Crippen molar-refractivity contribution in [3.05, 3.63) is 51.7 Å². The minimum Gasteiger partial charge on any atom is -0.444 e. The third-order valence-electron chi connectivity index (χ3n) is 4.69.